The molecule has 144 valence electrons. The smallest absolute Gasteiger partial charge is 0.155 e. The fourth-order valence-corrected chi connectivity index (χ4v) is 9.46. The fourth-order valence-electron chi connectivity index (χ4n) is 9.46. The molecule has 26 heavy (non-hydrogen) atoms. The summed E-state index contributed by atoms with van der Waals surface area (Å²) in [6.45, 7) is 10.1. The topological polar surface area (TPSA) is 17.1 Å². The highest BCUT2D eigenvalue weighted by Crippen LogP contribution is 2.81. The number of ketones is 1. The van der Waals surface area contributed by atoms with E-state index in [0.29, 0.717) is 16.6 Å². The van der Waals surface area contributed by atoms with Gasteiger partial charge in [0.1, 0.15) is 0 Å². The average Bonchev–Trinajstić information content (AvgIpc) is 3.42. The second-order valence-electron chi connectivity index (χ2n) is 10.8. The minimum Gasteiger partial charge on any atom is -0.295 e. The first kappa shape index (κ1) is 17.5. The van der Waals surface area contributed by atoms with E-state index in [2.05, 4.69) is 33.8 Å². The van der Waals surface area contributed by atoms with Crippen molar-refractivity contribution in [2.75, 3.05) is 0 Å². The van der Waals surface area contributed by atoms with Crippen molar-refractivity contribution in [2.45, 2.75) is 85.5 Å². The zero-order valence-corrected chi connectivity index (χ0v) is 17.4. The monoisotopic (exact) mass is 354 g/mol. The van der Waals surface area contributed by atoms with Gasteiger partial charge in [-0.3, -0.25) is 4.79 Å². The molecule has 4 fully saturated rings. The Morgan fingerprint density at radius 1 is 1.12 bits per heavy atom. The number of hydrogen-bond donors (Lipinski definition) is 0. The number of carbonyl (C=O) groups excluding carboxylic acids is 1. The zero-order chi connectivity index (χ0) is 18.3. The Labute approximate surface area is 160 Å². The SMILES string of the molecule is CC[C@@H]1CC2=CC(=O)CC[C@@H]2[C@H]2CC[C@@]3(CC)[C@@H](C4CC4[C@]3(C)CC)[C@H]12. The molecule has 1 heteroatoms. The van der Waals surface area contributed by atoms with E-state index in [1.807, 2.05) is 0 Å². The predicted octanol–water partition coefficient (Wildman–Crippen LogP) is 6.43. The van der Waals surface area contributed by atoms with Crippen LogP contribution >= 0.6 is 0 Å². The summed E-state index contributed by atoms with van der Waals surface area (Å²) >= 11 is 0. The number of allylic oxidation sites excluding steroid dienone is 1. The third-order valence-corrected chi connectivity index (χ3v) is 10.7. The molecule has 0 saturated heterocycles. The van der Waals surface area contributed by atoms with Crippen LogP contribution in [0.15, 0.2) is 11.6 Å². The Bertz CT molecular complexity index is 647. The summed E-state index contributed by atoms with van der Waals surface area (Å²) in [6.07, 6.45) is 13.8. The molecule has 9 atom stereocenters. The molecule has 0 aromatic heterocycles. The van der Waals surface area contributed by atoms with Crippen LogP contribution in [-0.4, -0.2) is 5.78 Å². The first-order chi connectivity index (χ1) is 12.5. The molecule has 0 bridgehead atoms. The van der Waals surface area contributed by atoms with Crippen LogP contribution in [0.4, 0.5) is 0 Å². The maximum Gasteiger partial charge on any atom is 0.155 e. The Morgan fingerprint density at radius 2 is 1.92 bits per heavy atom. The Morgan fingerprint density at radius 3 is 2.62 bits per heavy atom. The molecular weight excluding hydrogens is 316 g/mol. The van der Waals surface area contributed by atoms with Crippen LogP contribution in [-0.2, 0) is 4.79 Å². The molecule has 0 spiro atoms. The molecule has 0 radical (unpaired) electrons. The second-order valence-corrected chi connectivity index (χ2v) is 10.8. The van der Waals surface area contributed by atoms with E-state index < -0.39 is 0 Å². The molecule has 5 aliphatic carbocycles. The van der Waals surface area contributed by atoms with Crippen LogP contribution in [0.3, 0.4) is 0 Å². The summed E-state index contributed by atoms with van der Waals surface area (Å²) in [5.74, 6) is 6.89. The van der Waals surface area contributed by atoms with Crippen molar-refractivity contribution in [3.8, 4) is 0 Å². The average molecular weight is 355 g/mol. The molecular formula is C25H38O. The number of fused-ring (bicyclic) bond motifs is 7. The summed E-state index contributed by atoms with van der Waals surface area (Å²) in [5.41, 5.74) is 2.77. The Balaban J connectivity index is 1.57. The molecule has 0 aliphatic heterocycles. The van der Waals surface area contributed by atoms with Gasteiger partial charge in [0, 0.05) is 6.42 Å². The van der Waals surface area contributed by atoms with Crippen LogP contribution < -0.4 is 0 Å². The minimum absolute atomic E-state index is 0.407. The van der Waals surface area contributed by atoms with Gasteiger partial charge in [0.15, 0.2) is 5.78 Å². The van der Waals surface area contributed by atoms with Gasteiger partial charge in [-0.15, -0.1) is 0 Å². The van der Waals surface area contributed by atoms with E-state index in [-0.39, 0.29) is 0 Å². The summed E-state index contributed by atoms with van der Waals surface area (Å²) in [6, 6.07) is 0. The van der Waals surface area contributed by atoms with Crippen molar-refractivity contribution < 1.29 is 4.79 Å². The van der Waals surface area contributed by atoms with Crippen molar-refractivity contribution in [1.82, 2.24) is 0 Å². The molecule has 4 saturated carbocycles. The lowest BCUT2D eigenvalue weighted by Gasteiger charge is -2.61. The number of hydrogen-bond acceptors (Lipinski definition) is 1. The quantitative estimate of drug-likeness (QED) is 0.571. The van der Waals surface area contributed by atoms with E-state index in [9.17, 15) is 4.79 Å². The normalized spacial score (nSPS) is 54.7. The van der Waals surface area contributed by atoms with Gasteiger partial charge < -0.3 is 0 Å². The van der Waals surface area contributed by atoms with Gasteiger partial charge in [-0.1, -0.05) is 39.7 Å². The maximum atomic E-state index is 12.1. The highest BCUT2D eigenvalue weighted by Gasteiger charge is 2.74. The summed E-state index contributed by atoms with van der Waals surface area (Å²) in [4.78, 5) is 12.1. The Kier molecular flexibility index (Phi) is 3.84. The number of carbonyl (C=O) groups is 1. The van der Waals surface area contributed by atoms with Crippen LogP contribution in [0.5, 0.6) is 0 Å². The molecule has 2 unspecified atom stereocenters. The van der Waals surface area contributed by atoms with Crippen molar-refractivity contribution in [3.63, 3.8) is 0 Å². The molecule has 0 aromatic carbocycles. The summed E-state index contributed by atoms with van der Waals surface area (Å²) in [7, 11) is 0. The van der Waals surface area contributed by atoms with Crippen LogP contribution in [0.1, 0.15) is 85.5 Å². The molecule has 0 amide bonds. The number of rotatable bonds is 3. The Hall–Kier alpha value is -0.590. The predicted molar refractivity (Wildman–Crippen MR) is 107 cm³/mol. The summed E-state index contributed by atoms with van der Waals surface area (Å²) < 4.78 is 0. The van der Waals surface area contributed by atoms with E-state index >= 15 is 0 Å². The van der Waals surface area contributed by atoms with Crippen molar-refractivity contribution in [3.05, 3.63) is 11.6 Å². The van der Waals surface area contributed by atoms with Crippen molar-refractivity contribution in [2.24, 2.45) is 52.3 Å². The largest absolute Gasteiger partial charge is 0.295 e. The molecule has 5 rings (SSSR count). The minimum atomic E-state index is 0.407. The highest BCUT2D eigenvalue weighted by atomic mass is 16.1. The first-order valence-electron chi connectivity index (χ1n) is 11.7. The van der Waals surface area contributed by atoms with Crippen LogP contribution in [0.2, 0.25) is 0 Å². The molecule has 5 aliphatic rings. The van der Waals surface area contributed by atoms with Gasteiger partial charge in [0.25, 0.3) is 0 Å². The van der Waals surface area contributed by atoms with E-state index in [1.165, 1.54) is 44.9 Å². The van der Waals surface area contributed by atoms with Gasteiger partial charge in [0.05, 0.1) is 0 Å². The summed E-state index contributed by atoms with van der Waals surface area (Å²) in [5, 5.41) is 0. The van der Waals surface area contributed by atoms with Gasteiger partial charge in [-0.05, 0) is 103 Å². The maximum absolute atomic E-state index is 12.1. The highest BCUT2D eigenvalue weighted by molar-refractivity contribution is 5.91. The lowest BCUT2D eigenvalue weighted by atomic mass is 9.43. The lowest BCUT2D eigenvalue weighted by Crippen LogP contribution is -2.54. The second kappa shape index (κ2) is 5.71. The van der Waals surface area contributed by atoms with Gasteiger partial charge >= 0.3 is 0 Å². The van der Waals surface area contributed by atoms with Gasteiger partial charge in [-0.2, -0.15) is 0 Å². The van der Waals surface area contributed by atoms with E-state index in [4.69, 9.17) is 0 Å². The fraction of sp³-hybridized carbons (Fsp3) is 0.880. The van der Waals surface area contributed by atoms with Crippen LogP contribution in [0, 0.1) is 52.3 Å². The molecule has 1 nitrogen and oxygen atoms in total. The van der Waals surface area contributed by atoms with E-state index in [0.717, 1.165) is 54.3 Å². The first-order valence-corrected chi connectivity index (χ1v) is 11.7. The van der Waals surface area contributed by atoms with Crippen molar-refractivity contribution in [1.29, 1.82) is 0 Å². The zero-order valence-electron chi connectivity index (χ0n) is 17.4. The van der Waals surface area contributed by atoms with E-state index in [1.54, 1.807) is 5.57 Å². The molecule has 0 heterocycles. The van der Waals surface area contributed by atoms with Gasteiger partial charge in [-0.25, -0.2) is 0 Å². The third-order valence-electron chi connectivity index (χ3n) is 10.7. The third kappa shape index (κ3) is 1.96. The molecule has 0 aromatic rings. The molecule has 0 N–H and O–H groups in total. The lowest BCUT2D eigenvalue weighted by molar-refractivity contribution is -0.120. The van der Waals surface area contributed by atoms with Crippen LogP contribution in [0.25, 0.3) is 0 Å². The van der Waals surface area contributed by atoms with Crippen molar-refractivity contribution >= 4 is 5.78 Å². The standard InChI is InChI=1S/C25H38O/c1-5-15-12-16-13-17(26)8-9-18(16)19-10-11-25(7-3)23(22(15)19)20-14-21(20)24(25,4)6-2/h13,15,18-23H,5-12,14H2,1-4H3/t15-,18+,19-,20?,21?,22-,23+,24+,25+/m1/s1. The van der Waals surface area contributed by atoms with Gasteiger partial charge in [0.2, 0.25) is 0 Å².